The van der Waals surface area contributed by atoms with Crippen molar-refractivity contribution in [2.24, 2.45) is 0 Å². The second-order valence-corrected chi connectivity index (χ2v) is 7.22. The van der Waals surface area contributed by atoms with Crippen molar-refractivity contribution in [2.75, 3.05) is 18.6 Å². The van der Waals surface area contributed by atoms with Crippen LogP contribution in [0.2, 0.25) is 0 Å². The number of para-hydroxylation sites is 1. The molecule has 0 aliphatic rings. The standard InChI is InChI=1S/C23H32N4O3/c1-2-3-6-15-27-16-12-19(13-17-27)10-11-20-8-4-5-9-21(20)25-26-23(30)22(29)24-14-7-18-28/h4-5,8-9,12-13,16-17,28H,2-3,6-7,10-11,14-15,18H2,1H3,(H2-,24,25,26,29,30)/p+1. The van der Waals surface area contributed by atoms with Gasteiger partial charge in [-0.15, -0.1) is 0 Å². The van der Waals surface area contributed by atoms with E-state index in [1.54, 1.807) is 0 Å². The molecular weight excluding hydrogens is 380 g/mol. The fraction of sp³-hybridized carbons (Fsp3) is 0.435. The lowest BCUT2D eigenvalue weighted by atomic mass is 10.0. The first-order valence-electron chi connectivity index (χ1n) is 10.6. The summed E-state index contributed by atoms with van der Waals surface area (Å²) in [6.45, 7) is 3.48. The SMILES string of the molecule is CCCCC[n+]1ccc(CCc2ccccc2NNC(=O)C(=O)NCCCO)cc1. The average Bonchev–Trinajstić information content (AvgIpc) is 2.77. The lowest BCUT2D eigenvalue weighted by Gasteiger charge is -2.13. The van der Waals surface area contributed by atoms with Crippen LogP contribution in [0.4, 0.5) is 5.69 Å². The van der Waals surface area contributed by atoms with E-state index in [0.29, 0.717) is 6.42 Å². The van der Waals surface area contributed by atoms with Crippen LogP contribution in [0.25, 0.3) is 0 Å². The van der Waals surface area contributed by atoms with E-state index in [1.807, 2.05) is 24.3 Å². The van der Waals surface area contributed by atoms with E-state index in [1.165, 1.54) is 24.8 Å². The van der Waals surface area contributed by atoms with E-state index in [2.05, 4.69) is 52.2 Å². The summed E-state index contributed by atoms with van der Waals surface area (Å²) in [6, 6.07) is 12.0. The summed E-state index contributed by atoms with van der Waals surface area (Å²) in [5.74, 6) is -1.50. The van der Waals surface area contributed by atoms with Crippen molar-refractivity contribution in [2.45, 2.75) is 52.0 Å². The van der Waals surface area contributed by atoms with Gasteiger partial charge < -0.3 is 10.4 Å². The number of hydrogen-bond donors (Lipinski definition) is 4. The zero-order chi connectivity index (χ0) is 21.6. The molecule has 0 saturated heterocycles. The molecule has 0 atom stereocenters. The summed E-state index contributed by atoms with van der Waals surface area (Å²) in [5.41, 5.74) is 8.34. The van der Waals surface area contributed by atoms with Crippen molar-refractivity contribution in [1.29, 1.82) is 0 Å². The molecule has 0 unspecified atom stereocenters. The van der Waals surface area contributed by atoms with Gasteiger partial charge in [0.25, 0.3) is 0 Å². The van der Waals surface area contributed by atoms with Gasteiger partial charge in [0.15, 0.2) is 12.4 Å². The van der Waals surface area contributed by atoms with E-state index >= 15 is 0 Å². The van der Waals surface area contributed by atoms with Gasteiger partial charge in [-0.3, -0.25) is 20.4 Å². The van der Waals surface area contributed by atoms with Gasteiger partial charge in [0, 0.05) is 31.7 Å². The molecule has 0 spiro atoms. The van der Waals surface area contributed by atoms with Crippen molar-refractivity contribution in [3.63, 3.8) is 0 Å². The normalized spacial score (nSPS) is 10.5. The van der Waals surface area contributed by atoms with E-state index in [0.717, 1.165) is 30.6 Å². The first kappa shape index (κ1) is 23.3. The fourth-order valence-electron chi connectivity index (χ4n) is 3.03. The number of carbonyl (C=O) groups is 2. The van der Waals surface area contributed by atoms with Crippen LogP contribution in [-0.2, 0) is 29.0 Å². The lowest BCUT2D eigenvalue weighted by Crippen LogP contribution is -2.42. The first-order valence-corrected chi connectivity index (χ1v) is 10.6. The zero-order valence-electron chi connectivity index (χ0n) is 17.7. The van der Waals surface area contributed by atoms with Crippen molar-refractivity contribution in [3.05, 3.63) is 59.9 Å². The zero-order valence-corrected chi connectivity index (χ0v) is 17.7. The summed E-state index contributed by atoms with van der Waals surface area (Å²) in [5, 5.41) is 11.2. The number of hydrazine groups is 1. The summed E-state index contributed by atoms with van der Waals surface area (Å²) >= 11 is 0. The molecule has 7 nitrogen and oxygen atoms in total. The van der Waals surface area contributed by atoms with E-state index in [9.17, 15) is 9.59 Å². The highest BCUT2D eigenvalue weighted by Crippen LogP contribution is 2.16. The molecule has 0 aliphatic carbocycles. The fourth-order valence-corrected chi connectivity index (χ4v) is 3.03. The van der Waals surface area contributed by atoms with Crippen molar-refractivity contribution >= 4 is 17.5 Å². The quantitative estimate of drug-likeness (QED) is 0.185. The number of anilines is 1. The number of aryl methyl sites for hydroxylation is 3. The van der Waals surface area contributed by atoms with Gasteiger partial charge in [0.2, 0.25) is 0 Å². The summed E-state index contributed by atoms with van der Waals surface area (Å²) < 4.78 is 2.22. The number of nitrogens with zero attached hydrogens (tertiary/aromatic N) is 1. The lowest BCUT2D eigenvalue weighted by molar-refractivity contribution is -0.697. The minimum atomic E-state index is -0.765. The van der Waals surface area contributed by atoms with Gasteiger partial charge in [-0.1, -0.05) is 31.5 Å². The highest BCUT2D eigenvalue weighted by Gasteiger charge is 2.13. The van der Waals surface area contributed by atoms with Crippen LogP contribution in [-0.4, -0.2) is 30.1 Å². The molecule has 0 bridgehead atoms. The molecule has 162 valence electrons. The Hall–Kier alpha value is -2.93. The molecular formula is C23H33N4O3+. The van der Waals surface area contributed by atoms with E-state index in [-0.39, 0.29) is 13.2 Å². The van der Waals surface area contributed by atoms with Gasteiger partial charge in [-0.05, 0) is 42.9 Å². The number of aliphatic hydroxyl groups is 1. The molecule has 0 radical (unpaired) electrons. The number of benzene rings is 1. The smallest absolute Gasteiger partial charge is 0.327 e. The number of nitrogens with one attached hydrogen (secondary N) is 3. The van der Waals surface area contributed by atoms with Crippen LogP contribution in [0.15, 0.2) is 48.8 Å². The molecule has 4 N–H and O–H groups in total. The van der Waals surface area contributed by atoms with Gasteiger partial charge in [0.1, 0.15) is 6.54 Å². The van der Waals surface area contributed by atoms with Gasteiger partial charge in [-0.25, -0.2) is 4.57 Å². The second kappa shape index (κ2) is 13.3. The Kier molecular flexibility index (Phi) is 10.4. The Morgan fingerprint density at radius 1 is 0.967 bits per heavy atom. The molecule has 1 heterocycles. The molecule has 2 aromatic rings. The van der Waals surface area contributed by atoms with Crippen LogP contribution in [0.1, 0.15) is 43.7 Å². The molecule has 1 aromatic carbocycles. The first-order chi connectivity index (χ1) is 14.6. The van der Waals surface area contributed by atoms with Crippen molar-refractivity contribution < 1.29 is 19.3 Å². The third-order valence-corrected chi connectivity index (χ3v) is 4.82. The van der Waals surface area contributed by atoms with E-state index in [4.69, 9.17) is 5.11 Å². The number of hydrogen-bond acceptors (Lipinski definition) is 4. The Balaban J connectivity index is 1.84. The topological polar surface area (TPSA) is 94.3 Å². The minimum absolute atomic E-state index is 0.0339. The van der Waals surface area contributed by atoms with Crippen LogP contribution in [0.3, 0.4) is 0 Å². The molecule has 0 aliphatic heterocycles. The van der Waals surface area contributed by atoms with E-state index < -0.39 is 11.8 Å². The summed E-state index contributed by atoms with van der Waals surface area (Å²) in [7, 11) is 0. The molecule has 0 saturated carbocycles. The Labute approximate surface area is 178 Å². The molecule has 0 fully saturated rings. The average molecular weight is 414 g/mol. The summed E-state index contributed by atoms with van der Waals surface area (Å²) in [6.07, 6.45) is 10.0. The molecule has 2 rings (SSSR count). The maximum absolute atomic E-state index is 11.9. The Bertz CT molecular complexity index is 793. The Morgan fingerprint density at radius 2 is 1.73 bits per heavy atom. The number of carbonyl (C=O) groups excluding carboxylic acids is 2. The van der Waals surface area contributed by atoms with Crippen LogP contribution >= 0.6 is 0 Å². The third-order valence-electron chi connectivity index (χ3n) is 4.82. The van der Waals surface area contributed by atoms with Crippen LogP contribution < -0.4 is 20.7 Å². The van der Waals surface area contributed by atoms with Crippen LogP contribution in [0, 0.1) is 0 Å². The minimum Gasteiger partial charge on any atom is -0.396 e. The van der Waals surface area contributed by atoms with Crippen LogP contribution in [0.5, 0.6) is 0 Å². The molecule has 30 heavy (non-hydrogen) atoms. The second-order valence-electron chi connectivity index (χ2n) is 7.22. The Morgan fingerprint density at radius 3 is 2.47 bits per heavy atom. The molecule has 2 amide bonds. The predicted molar refractivity (Wildman–Crippen MR) is 116 cm³/mol. The highest BCUT2D eigenvalue weighted by atomic mass is 16.3. The largest absolute Gasteiger partial charge is 0.396 e. The number of unbranched alkanes of at least 4 members (excludes halogenated alkanes) is 2. The monoisotopic (exact) mass is 413 g/mol. The van der Waals surface area contributed by atoms with Crippen molar-refractivity contribution in [1.82, 2.24) is 10.7 Å². The number of amides is 2. The summed E-state index contributed by atoms with van der Waals surface area (Å²) in [4.78, 5) is 23.6. The number of pyridine rings is 1. The number of rotatable bonds is 12. The van der Waals surface area contributed by atoms with Gasteiger partial charge in [0.05, 0.1) is 5.69 Å². The highest BCUT2D eigenvalue weighted by molar-refractivity contribution is 6.35. The molecule has 7 heteroatoms. The predicted octanol–water partition coefficient (Wildman–Crippen LogP) is 1.89. The third kappa shape index (κ3) is 8.21. The maximum atomic E-state index is 11.9. The van der Waals surface area contributed by atoms with Crippen molar-refractivity contribution in [3.8, 4) is 0 Å². The number of aromatic nitrogens is 1. The number of aliphatic hydroxyl groups excluding tert-OH is 1. The maximum Gasteiger partial charge on any atom is 0.327 e. The molecule has 1 aromatic heterocycles. The van der Waals surface area contributed by atoms with Gasteiger partial charge in [-0.2, -0.15) is 0 Å². The van der Waals surface area contributed by atoms with Gasteiger partial charge >= 0.3 is 11.8 Å².